The number of anilines is 1. The zero-order valence-electron chi connectivity index (χ0n) is 12.0. The Kier molecular flexibility index (Phi) is 3.35. The molecule has 2 aliphatic carbocycles. The fourth-order valence-electron chi connectivity index (χ4n) is 4.03. The average molecular weight is 288 g/mol. The molecule has 0 heterocycles. The van der Waals surface area contributed by atoms with Gasteiger partial charge in [0.25, 0.3) is 5.91 Å². The minimum atomic E-state index is -0.743. The van der Waals surface area contributed by atoms with Crippen LogP contribution < -0.4 is 11.1 Å². The van der Waals surface area contributed by atoms with Gasteiger partial charge in [0.15, 0.2) is 0 Å². The van der Waals surface area contributed by atoms with E-state index in [2.05, 4.69) is 5.32 Å². The lowest BCUT2D eigenvalue weighted by Gasteiger charge is -2.30. The molecule has 1 amide bonds. The van der Waals surface area contributed by atoms with Crippen LogP contribution in [-0.2, 0) is 4.79 Å². The molecule has 0 aliphatic heterocycles. The van der Waals surface area contributed by atoms with E-state index in [0.29, 0.717) is 17.2 Å². The number of nitrogens with two attached hydrogens (primary N) is 1. The molecule has 0 radical (unpaired) electrons. The Balaban J connectivity index is 1.91. The second kappa shape index (κ2) is 5.06. The van der Waals surface area contributed by atoms with Crippen LogP contribution in [0.5, 0.6) is 0 Å². The smallest absolute Gasteiger partial charge is 0.308 e. The maximum absolute atomic E-state index is 11.5. The third-order valence-corrected chi connectivity index (χ3v) is 4.96. The van der Waals surface area contributed by atoms with Gasteiger partial charge in [-0.2, -0.15) is 0 Å². The molecular weight excluding hydrogens is 268 g/mol. The Bertz CT molecular complexity index is 599. The van der Waals surface area contributed by atoms with Crippen LogP contribution in [0.2, 0.25) is 0 Å². The molecule has 0 spiro atoms. The van der Waals surface area contributed by atoms with E-state index in [0.717, 1.165) is 24.8 Å². The van der Waals surface area contributed by atoms with Crippen LogP contribution in [0.1, 0.15) is 35.2 Å². The van der Waals surface area contributed by atoms with Crippen molar-refractivity contribution < 1.29 is 14.7 Å². The van der Waals surface area contributed by atoms with Gasteiger partial charge in [0.2, 0.25) is 0 Å². The van der Waals surface area contributed by atoms with Crippen LogP contribution in [0.4, 0.5) is 5.69 Å². The highest BCUT2D eigenvalue weighted by molar-refractivity contribution is 5.98. The summed E-state index contributed by atoms with van der Waals surface area (Å²) in [6, 6.07) is 5.29. The van der Waals surface area contributed by atoms with E-state index in [1.165, 1.54) is 0 Å². The Morgan fingerprint density at radius 2 is 2.00 bits per heavy atom. The molecule has 0 saturated heterocycles. The van der Waals surface area contributed by atoms with Crippen molar-refractivity contribution in [2.45, 2.75) is 32.2 Å². The minimum absolute atomic E-state index is 0.110. The lowest BCUT2D eigenvalue weighted by atomic mass is 9.84. The van der Waals surface area contributed by atoms with Crippen LogP contribution in [-0.4, -0.2) is 23.0 Å². The van der Waals surface area contributed by atoms with Gasteiger partial charge in [-0.25, -0.2) is 0 Å². The number of nitrogens with one attached hydrogen (secondary N) is 1. The molecular formula is C16H20N2O3. The van der Waals surface area contributed by atoms with E-state index in [-0.39, 0.29) is 17.9 Å². The second-order valence-electron chi connectivity index (χ2n) is 6.28. The molecule has 3 rings (SSSR count). The number of hydrogen-bond donors (Lipinski definition) is 3. The van der Waals surface area contributed by atoms with Crippen molar-refractivity contribution in [1.29, 1.82) is 0 Å². The number of carbonyl (C=O) groups is 2. The fourth-order valence-corrected chi connectivity index (χ4v) is 4.03. The Labute approximate surface area is 123 Å². The van der Waals surface area contributed by atoms with Gasteiger partial charge >= 0.3 is 5.97 Å². The number of carboxylic acid groups (broad SMARTS) is 1. The van der Waals surface area contributed by atoms with Gasteiger partial charge in [-0.1, -0.05) is 6.07 Å². The summed E-state index contributed by atoms with van der Waals surface area (Å²) in [5.41, 5.74) is 7.51. The van der Waals surface area contributed by atoms with Gasteiger partial charge in [-0.3, -0.25) is 9.59 Å². The van der Waals surface area contributed by atoms with Gasteiger partial charge in [-0.05, 0) is 55.7 Å². The molecule has 4 N–H and O–H groups in total. The number of fused-ring (bicyclic) bond motifs is 2. The lowest BCUT2D eigenvalue weighted by molar-refractivity contribution is -0.143. The SMILES string of the molecule is Cc1ccc(C(N)=O)c(NC2C3CCC(C3)C2C(=O)O)c1. The van der Waals surface area contributed by atoms with Gasteiger partial charge in [-0.15, -0.1) is 0 Å². The third-order valence-electron chi connectivity index (χ3n) is 4.96. The molecule has 5 heteroatoms. The first kappa shape index (κ1) is 13.9. The van der Waals surface area contributed by atoms with E-state index >= 15 is 0 Å². The first-order valence-corrected chi connectivity index (χ1v) is 7.37. The van der Waals surface area contributed by atoms with E-state index in [1.807, 2.05) is 19.1 Å². The first-order valence-electron chi connectivity index (χ1n) is 7.37. The van der Waals surface area contributed by atoms with Crippen molar-refractivity contribution >= 4 is 17.6 Å². The normalized spacial score (nSPS) is 30.3. The predicted molar refractivity (Wildman–Crippen MR) is 79.1 cm³/mol. The summed E-state index contributed by atoms with van der Waals surface area (Å²) < 4.78 is 0. The highest BCUT2D eigenvalue weighted by atomic mass is 16.4. The quantitative estimate of drug-likeness (QED) is 0.790. The van der Waals surface area contributed by atoms with Crippen molar-refractivity contribution in [3.8, 4) is 0 Å². The third kappa shape index (κ3) is 2.37. The van der Waals surface area contributed by atoms with Gasteiger partial charge in [0.1, 0.15) is 0 Å². The number of carbonyl (C=O) groups excluding carboxylic acids is 1. The number of rotatable bonds is 4. The zero-order chi connectivity index (χ0) is 15.1. The van der Waals surface area contributed by atoms with E-state index in [1.54, 1.807) is 6.07 Å². The molecule has 2 bridgehead atoms. The summed E-state index contributed by atoms with van der Waals surface area (Å²) in [6.45, 7) is 1.94. The highest BCUT2D eigenvalue weighted by Gasteiger charge is 2.51. The summed E-state index contributed by atoms with van der Waals surface area (Å²) in [5.74, 6) is -0.977. The van der Waals surface area contributed by atoms with Gasteiger partial charge in [0.05, 0.1) is 11.5 Å². The molecule has 2 fully saturated rings. The number of hydrogen-bond acceptors (Lipinski definition) is 3. The minimum Gasteiger partial charge on any atom is -0.481 e. The van der Waals surface area contributed by atoms with Crippen molar-refractivity contribution in [1.82, 2.24) is 0 Å². The highest BCUT2D eigenvalue weighted by Crippen LogP contribution is 2.49. The number of amides is 1. The van der Waals surface area contributed by atoms with Crippen molar-refractivity contribution in [3.05, 3.63) is 29.3 Å². The summed E-state index contributed by atoms with van der Waals surface area (Å²) >= 11 is 0. The molecule has 2 aliphatic rings. The Morgan fingerprint density at radius 3 is 2.67 bits per heavy atom. The zero-order valence-corrected chi connectivity index (χ0v) is 12.0. The number of carboxylic acids is 1. The summed E-state index contributed by atoms with van der Waals surface area (Å²) in [7, 11) is 0. The van der Waals surface area contributed by atoms with Crippen molar-refractivity contribution in [3.63, 3.8) is 0 Å². The van der Waals surface area contributed by atoms with Gasteiger partial charge in [0, 0.05) is 11.7 Å². The van der Waals surface area contributed by atoms with Crippen LogP contribution >= 0.6 is 0 Å². The molecule has 4 atom stereocenters. The number of benzene rings is 1. The van der Waals surface area contributed by atoms with Gasteiger partial charge < -0.3 is 16.2 Å². The van der Waals surface area contributed by atoms with Crippen molar-refractivity contribution in [2.75, 3.05) is 5.32 Å². The lowest BCUT2D eigenvalue weighted by Crippen LogP contribution is -2.39. The number of primary amides is 1. The monoisotopic (exact) mass is 288 g/mol. The number of aliphatic carboxylic acids is 1. The predicted octanol–water partition coefficient (Wildman–Crippen LogP) is 2.01. The van der Waals surface area contributed by atoms with E-state index in [4.69, 9.17) is 5.73 Å². The number of aryl methyl sites for hydroxylation is 1. The molecule has 1 aromatic carbocycles. The Morgan fingerprint density at radius 1 is 1.29 bits per heavy atom. The Hall–Kier alpha value is -2.04. The molecule has 112 valence electrons. The topological polar surface area (TPSA) is 92.4 Å². The van der Waals surface area contributed by atoms with E-state index < -0.39 is 11.9 Å². The molecule has 5 nitrogen and oxygen atoms in total. The summed E-state index contributed by atoms with van der Waals surface area (Å²) in [6.07, 6.45) is 3.02. The standard InChI is InChI=1S/C16H20N2O3/c1-8-2-5-11(15(17)19)12(6-8)18-14-10-4-3-9(7-10)13(14)16(20)21/h2,5-6,9-10,13-14,18H,3-4,7H2,1H3,(H2,17,19)(H,20,21). The van der Waals surface area contributed by atoms with Crippen LogP contribution in [0.25, 0.3) is 0 Å². The molecule has 21 heavy (non-hydrogen) atoms. The maximum atomic E-state index is 11.5. The van der Waals surface area contributed by atoms with Crippen LogP contribution in [0.15, 0.2) is 18.2 Å². The molecule has 1 aromatic rings. The van der Waals surface area contributed by atoms with Crippen LogP contribution in [0, 0.1) is 24.7 Å². The van der Waals surface area contributed by atoms with Crippen LogP contribution in [0.3, 0.4) is 0 Å². The molecule has 0 aromatic heterocycles. The largest absolute Gasteiger partial charge is 0.481 e. The average Bonchev–Trinajstić information content (AvgIpc) is 2.98. The molecule has 2 saturated carbocycles. The first-order chi connectivity index (χ1) is 9.97. The van der Waals surface area contributed by atoms with Crippen molar-refractivity contribution in [2.24, 2.45) is 23.5 Å². The second-order valence-corrected chi connectivity index (χ2v) is 6.28. The summed E-state index contributed by atoms with van der Waals surface area (Å²) in [5, 5.41) is 12.8. The molecule has 4 unspecified atom stereocenters. The summed E-state index contributed by atoms with van der Waals surface area (Å²) in [4.78, 5) is 23.1. The fraction of sp³-hybridized carbons (Fsp3) is 0.500. The maximum Gasteiger partial charge on any atom is 0.308 e. The van der Waals surface area contributed by atoms with E-state index in [9.17, 15) is 14.7 Å².